The SMILES string of the molecule is COc1ccc(C(SCC(=O)OCc2ccccc2)(c2ccccc2)c2ccc(OC)cc2)cc1. The van der Waals surface area contributed by atoms with Crippen molar-refractivity contribution in [2.45, 2.75) is 11.4 Å². The summed E-state index contributed by atoms with van der Waals surface area (Å²) in [6.45, 7) is 0.254. The molecule has 0 fully saturated rings. The number of hydrogen-bond acceptors (Lipinski definition) is 5. The first-order chi connectivity index (χ1) is 17.2. The van der Waals surface area contributed by atoms with Crippen LogP contribution in [-0.4, -0.2) is 25.9 Å². The van der Waals surface area contributed by atoms with E-state index in [0.29, 0.717) is 0 Å². The molecule has 35 heavy (non-hydrogen) atoms. The summed E-state index contributed by atoms with van der Waals surface area (Å²) in [7, 11) is 3.31. The van der Waals surface area contributed by atoms with Crippen molar-refractivity contribution in [3.63, 3.8) is 0 Å². The third kappa shape index (κ3) is 5.69. The van der Waals surface area contributed by atoms with Crippen LogP contribution < -0.4 is 9.47 Å². The summed E-state index contributed by atoms with van der Waals surface area (Å²) in [6.07, 6.45) is 0. The molecule has 0 unspecified atom stereocenters. The zero-order chi connectivity index (χ0) is 24.5. The summed E-state index contributed by atoms with van der Waals surface area (Å²) in [6, 6.07) is 35.9. The Morgan fingerprint density at radius 3 is 1.60 bits per heavy atom. The minimum atomic E-state index is -0.647. The second-order valence-electron chi connectivity index (χ2n) is 7.94. The molecule has 0 saturated carbocycles. The highest BCUT2D eigenvalue weighted by Crippen LogP contribution is 2.49. The van der Waals surface area contributed by atoms with Gasteiger partial charge >= 0.3 is 5.97 Å². The molecular formula is C30H28O4S. The number of benzene rings is 4. The van der Waals surface area contributed by atoms with Gasteiger partial charge in [-0.25, -0.2) is 0 Å². The number of ether oxygens (including phenoxy) is 3. The average molecular weight is 485 g/mol. The van der Waals surface area contributed by atoms with E-state index in [-0.39, 0.29) is 18.3 Å². The lowest BCUT2D eigenvalue weighted by atomic mass is 9.84. The van der Waals surface area contributed by atoms with E-state index in [1.807, 2.05) is 72.8 Å². The smallest absolute Gasteiger partial charge is 0.316 e. The number of hydrogen-bond donors (Lipinski definition) is 0. The molecule has 0 aliphatic carbocycles. The molecule has 4 nitrogen and oxygen atoms in total. The Labute approximate surface area is 210 Å². The lowest BCUT2D eigenvalue weighted by molar-refractivity contribution is -0.141. The van der Waals surface area contributed by atoms with Crippen LogP contribution in [-0.2, 0) is 20.9 Å². The number of rotatable bonds is 10. The van der Waals surface area contributed by atoms with Crippen molar-refractivity contribution in [1.29, 1.82) is 0 Å². The van der Waals surface area contributed by atoms with Crippen LogP contribution in [0.1, 0.15) is 22.3 Å². The van der Waals surface area contributed by atoms with E-state index in [1.54, 1.807) is 26.0 Å². The molecule has 0 bridgehead atoms. The molecule has 0 spiro atoms. The van der Waals surface area contributed by atoms with E-state index in [2.05, 4.69) is 36.4 Å². The highest BCUT2D eigenvalue weighted by Gasteiger charge is 2.38. The molecule has 0 amide bonds. The van der Waals surface area contributed by atoms with Crippen molar-refractivity contribution in [2.24, 2.45) is 0 Å². The van der Waals surface area contributed by atoms with Gasteiger partial charge in [-0.05, 0) is 46.5 Å². The van der Waals surface area contributed by atoms with Gasteiger partial charge in [0, 0.05) is 0 Å². The Hall–Kier alpha value is -3.70. The fraction of sp³-hybridized carbons (Fsp3) is 0.167. The number of carbonyl (C=O) groups is 1. The molecular weight excluding hydrogens is 456 g/mol. The fourth-order valence-electron chi connectivity index (χ4n) is 4.02. The molecule has 0 saturated heterocycles. The highest BCUT2D eigenvalue weighted by molar-refractivity contribution is 8.01. The van der Waals surface area contributed by atoms with Gasteiger partial charge in [-0.15, -0.1) is 11.8 Å². The first-order valence-electron chi connectivity index (χ1n) is 11.3. The van der Waals surface area contributed by atoms with Gasteiger partial charge in [-0.1, -0.05) is 84.9 Å². The second kappa shape index (κ2) is 11.6. The lowest BCUT2D eigenvalue weighted by Crippen LogP contribution is -2.27. The summed E-state index contributed by atoms with van der Waals surface area (Å²) >= 11 is 1.54. The number of esters is 1. The molecule has 4 rings (SSSR count). The van der Waals surface area contributed by atoms with Crippen LogP contribution in [0, 0.1) is 0 Å². The Bertz CT molecular complexity index is 1160. The summed E-state index contributed by atoms with van der Waals surface area (Å²) in [5, 5.41) is 0. The van der Waals surface area contributed by atoms with Crippen LogP contribution in [0.5, 0.6) is 11.5 Å². The predicted molar refractivity (Wildman–Crippen MR) is 141 cm³/mol. The second-order valence-corrected chi connectivity index (χ2v) is 9.13. The van der Waals surface area contributed by atoms with Crippen LogP contribution in [0.4, 0.5) is 0 Å². The van der Waals surface area contributed by atoms with Gasteiger partial charge in [0.05, 0.1) is 24.7 Å². The quantitative estimate of drug-likeness (QED) is 0.191. The summed E-state index contributed by atoms with van der Waals surface area (Å²) < 4.78 is 15.8. The van der Waals surface area contributed by atoms with Crippen molar-refractivity contribution >= 4 is 17.7 Å². The first kappa shape index (κ1) is 24.4. The molecule has 178 valence electrons. The van der Waals surface area contributed by atoms with Crippen LogP contribution in [0.3, 0.4) is 0 Å². The van der Waals surface area contributed by atoms with E-state index in [1.165, 1.54) is 0 Å². The zero-order valence-electron chi connectivity index (χ0n) is 19.8. The van der Waals surface area contributed by atoms with Crippen LogP contribution in [0.15, 0.2) is 109 Å². The number of methoxy groups -OCH3 is 2. The van der Waals surface area contributed by atoms with Crippen molar-refractivity contribution < 1.29 is 19.0 Å². The van der Waals surface area contributed by atoms with Gasteiger partial charge in [0.2, 0.25) is 0 Å². The van der Waals surface area contributed by atoms with Gasteiger partial charge in [-0.2, -0.15) is 0 Å². The van der Waals surface area contributed by atoms with E-state index >= 15 is 0 Å². The van der Waals surface area contributed by atoms with E-state index in [4.69, 9.17) is 14.2 Å². The van der Waals surface area contributed by atoms with Gasteiger partial charge in [0.25, 0.3) is 0 Å². The number of thioether (sulfide) groups is 1. The molecule has 5 heteroatoms. The molecule has 0 aromatic heterocycles. The first-order valence-corrected chi connectivity index (χ1v) is 12.3. The Morgan fingerprint density at radius 2 is 1.11 bits per heavy atom. The Balaban J connectivity index is 1.72. The van der Waals surface area contributed by atoms with Crippen molar-refractivity contribution in [1.82, 2.24) is 0 Å². The normalized spacial score (nSPS) is 11.0. The minimum absolute atomic E-state index is 0.180. The van der Waals surface area contributed by atoms with Crippen molar-refractivity contribution in [2.75, 3.05) is 20.0 Å². The minimum Gasteiger partial charge on any atom is -0.497 e. The number of carbonyl (C=O) groups excluding carboxylic acids is 1. The average Bonchev–Trinajstić information content (AvgIpc) is 2.94. The van der Waals surface area contributed by atoms with Gasteiger partial charge in [-0.3, -0.25) is 4.79 Å². The van der Waals surface area contributed by atoms with Crippen molar-refractivity contribution in [3.05, 3.63) is 131 Å². The van der Waals surface area contributed by atoms with Crippen molar-refractivity contribution in [3.8, 4) is 11.5 Å². The maximum Gasteiger partial charge on any atom is 0.316 e. The summed E-state index contributed by atoms with van der Waals surface area (Å²) in [5.74, 6) is 1.47. The molecule has 4 aromatic carbocycles. The highest BCUT2D eigenvalue weighted by atomic mass is 32.2. The van der Waals surface area contributed by atoms with Crippen LogP contribution in [0.25, 0.3) is 0 Å². The molecule has 0 aliphatic heterocycles. The fourth-order valence-corrected chi connectivity index (χ4v) is 5.35. The van der Waals surface area contributed by atoms with E-state index < -0.39 is 4.75 Å². The topological polar surface area (TPSA) is 44.8 Å². The zero-order valence-corrected chi connectivity index (χ0v) is 20.7. The lowest BCUT2D eigenvalue weighted by Gasteiger charge is -2.35. The van der Waals surface area contributed by atoms with Gasteiger partial charge in [0.15, 0.2) is 0 Å². The molecule has 4 aromatic rings. The van der Waals surface area contributed by atoms with E-state index in [0.717, 1.165) is 33.8 Å². The predicted octanol–water partition coefficient (Wildman–Crippen LogP) is 6.47. The third-order valence-electron chi connectivity index (χ3n) is 5.82. The maximum absolute atomic E-state index is 12.9. The Kier molecular flexibility index (Phi) is 8.11. The van der Waals surface area contributed by atoms with Crippen LogP contribution in [0.2, 0.25) is 0 Å². The summed E-state index contributed by atoms with van der Waals surface area (Å²) in [4.78, 5) is 12.9. The largest absolute Gasteiger partial charge is 0.497 e. The van der Waals surface area contributed by atoms with Gasteiger partial charge < -0.3 is 14.2 Å². The summed E-state index contributed by atoms with van der Waals surface area (Å²) in [5.41, 5.74) is 4.10. The Morgan fingerprint density at radius 1 is 0.657 bits per heavy atom. The molecule has 0 N–H and O–H groups in total. The van der Waals surface area contributed by atoms with Crippen LogP contribution >= 0.6 is 11.8 Å². The molecule has 0 radical (unpaired) electrons. The molecule has 0 heterocycles. The molecule has 0 aliphatic rings. The third-order valence-corrected chi connectivity index (χ3v) is 7.34. The monoisotopic (exact) mass is 484 g/mol. The van der Waals surface area contributed by atoms with Gasteiger partial charge in [0.1, 0.15) is 18.1 Å². The standard InChI is InChI=1S/C30H28O4S/c1-32-27-17-13-25(14-18-27)30(24-11-7-4-8-12-24,26-15-19-28(33-2)20-16-26)35-22-29(31)34-21-23-9-5-3-6-10-23/h3-20H,21-22H2,1-2H3. The molecule has 0 atom stereocenters. The van der Waals surface area contributed by atoms with E-state index in [9.17, 15) is 4.79 Å². The maximum atomic E-state index is 12.9.